The average Bonchev–Trinajstić information content (AvgIpc) is 2.90. The number of aryl methyl sites for hydroxylation is 1. The molecule has 2 saturated carbocycles. The van der Waals surface area contributed by atoms with Crippen LogP contribution < -0.4 is 4.74 Å². The van der Waals surface area contributed by atoms with E-state index in [1.54, 1.807) is 12.7 Å². The van der Waals surface area contributed by atoms with Gasteiger partial charge in [0.2, 0.25) is 0 Å². The fraction of sp³-hybridized carbons (Fsp3) is 0.619. The first-order valence-electron chi connectivity index (χ1n) is 9.14. The van der Waals surface area contributed by atoms with Crippen LogP contribution in [0.1, 0.15) is 63.0 Å². The van der Waals surface area contributed by atoms with E-state index in [1.165, 1.54) is 43.2 Å². The summed E-state index contributed by atoms with van der Waals surface area (Å²) in [4.78, 5) is 0. The number of ether oxygens (including phenoxy) is 1. The van der Waals surface area contributed by atoms with Crippen LogP contribution in [0.4, 0.5) is 0 Å². The third kappa shape index (κ3) is 2.07. The molecule has 124 valence electrons. The van der Waals surface area contributed by atoms with Crippen molar-refractivity contribution in [2.45, 2.75) is 58.3 Å². The van der Waals surface area contributed by atoms with Crippen LogP contribution in [-0.4, -0.2) is 12.2 Å². The van der Waals surface area contributed by atoms with Crippen molar-refractivity contribution in [1.29, 1.82) is 0 Å². The quantitative estimate of drug-likeness (QED) is 0.722. The number of phenols is 1. The Morgan fingerprint density at radius 1 is 1.22 bits per heavy atom. The molecule has 0 radical (unpaired) electrons. The van der Waals surface area contributed by atoms with Crippen molar-refractivity contribution in [1.82, 2.24) is 0 Å². The molecule has 0 saturated heterocycles. The zero-order valence-electron chi connectivity index (χ0n) is 14.6. The summed E-state index contributed by atoms with van der Waals surface area (Å²) in [7, 11) is 1.65. The number of rotatable bonds is 1. The van der Waals surface area contributed by atoms with Crippen molar-refractivity contribution >= 4 is 0 Å². The molecule has 0 unspecified atom stereocenters. The molecule has 0 amide bonds. The van der Waals surface area contributed by atoms with Crippen molar-refractivity contribution in [3.63, 3.8) is 0 Å². The summed E-state index contributed by atoms with van der Waals surface area (Å²) in [5.41, 5.74) is 4.94. The normalized spacial score (nSPS) is 37.2. The maximum Gasteiger partial charge on any atom is 0.160 e. The van der Waals surface area contributed by atoms with Gasteiger partial charge in [-0.1, -0.05) is 18.6 Å². The lowest BCUT2D eigenvalue weighted by molar-refractivity contribution is 0.0812. The lowest BCUT2D eigenvalue weighted by Gasteiger charge is -2.49. The predicted molar refractivity (Wildman–Crippen MR) is 93.0 cm³/mol. The predicted octanol–water partition coefficient (Wildman–Crippen LogP) is 5.20. The average molecular weight is 312 g/mol. The van der Waals surface area contributed by atoms with Crippen LogP contribution in [0.2, 0.25) is 0 Å². The zero-order chi connectivity index (χ0) is 16.2. The minimum Gasteiger partial charge on any atom is -0.504 e. The lowest BCUT2D eigenvalue weighted by Crippen LogP contribution is -2.40. The van der Waals surface area contributed by atoms with Crippen LogP contribution in [0.3, 0.4) is 0 Å². The van der Waals surface area contributed by atoms with Gasteiger partial charge in [0.05, 0.1) is 7.11 Å². The van der Waals surface area contributed by atoms with Gasteiger partial charge in [0.1, 0.15) is 0 Å². The highest BCUT2D eigenvalue weighted by Gasteiger charge is 2.52. The van der Waals surface area contributed by atoms with Crippen molar-refractivity contribution < 1.29 is 9.84 Å². The van der Waals surface area contributed by atoms with Gasteiger partial charge in [-0.2, -0.15) is 0 Å². The fourth-order valence-electron chi connectivity index (χ4n) is 6.07. The summed E-state index contributed by atoms with van der Waals surface area (Å²) < 4.78 is 5.37. The first-order valence-corrected chi connectivity index (χ1v) is 9.14. The van der Waals surface area contributed by atoms with Crippen LogP contribution in [0.15, 0.2) is 23.8 Å². The van der Waals surface area contributed by atoms with Gasteiger partial charge in [-0.15, -0.1) is 0 Å². The Morgan fingerprint density at radius 2 is 2.04 bits per heavy atom. The second-order valence-electron chi connectivity index (χ2n) is 7.95. The van der Waals surface area contributed by atoms with Gasteiger partial charge in [0.15, 0.2) is 11.5 Å². The summed E-state index contributed by atoms with van der Waals surface area (Å²) >= 11 is 0. The molecular weight excluding hydrogens is 284 g/mol. The van der Waals surface area contributed by atoms with Gasteiger partial charge in [0, 0.05) is 0 Å². The number of hydrogen-bond acceptors (Lipinski definition) is 2. The topological polar surface area (TPSA) is 29.5 Å². The Bertz CT molecular complexity index is 660. The largest absolute Gasteiger partial charge is 0.504 e. The molecule has 1 aromatic rings. The van der Waals surface area contributed by atoms with Crippen molar-refractivity contribution in [2.75, 3.05) is 7.11 Å². The molecular formula is C21H28O2. The van der Waals surface area contributed by atoms with E-state index >= 15 is 0 Å². The van der Waals surface area contributed by atoms with Crippen LogP contribution in [0, 0.1) is 17.3 Å². The van der Waals surface area contributed by atoms with E-state index in [1.807, 2.05) is 6.07 Å². The SMILES string of the molecule is CC=C1CC[C@H]2[C@@H]3CCc4cc(O)c(OC)cc4[C@H]3CC[C@]12C. The minimum absolute atomic E-state index is 0.294. The van der Waals surface area contributed by atoms with Crippen LogP contribution in [-0.2, 0) is 6.42 Å². The molecule has 23 heavy (non-hydrogen) atoms. The number of hydrogen-bond donors (Lipinski definition) is 1. The molecule has 0 heterocycles. The second kappa shape index (κ2) is 5.29. The van der Waals surface area contributed by atoms with Crippen molar-refractivity contribution in [3.8, 4) is 11.5 Å². The Hall–Kier alpha value is -1.44. The van der Waals surface area contributed by atoms with Gasteiger partial charge in [-0.25, -0.2) is 0 Å². The van der Waals surface area contributed by atoms with E-state index in [9.17, 15) is 5.11 Å². The first kappa shape index (κ1) is 15.1. The van der Waals surface area contributed by atoms with Gasteiger partial charge in [0.25, 0.3) is 0 Å². The Kier molecular flexibility index (Phi) is 3.48. The van der Waals surface area contributed by atoms with Gasteiger partial charge < -0.3 is 9.84 Å². The number of aromatic hydroxyl groups is 1. The number of methoxy groups -OCH3 is 1. The third-order valence-electron chi connectivity index (χ3n) is 7.22. The molecule has 2 fully saturated rings. The van der Waals surface area contributed by atoms with E-state index < -0.39 is 0 Å². The molecule has 0 aromatic heterocycles. The molecule has 4 atom stereocenters. The highest BCUT2D eigenvalue weighted by Crippen LogP contribution is 2.63. The lowest BCUT2D eigenvalue weighted by atomic mass is 9.55. The van der Waals surface area contributed by atoms with Crippen LogP contribution in [0.25, 0.3) is 0 Å². The molecule has 2 nitrogen and oxygen atoms in total. The molecule has 1 N–H and O–H groups in total. The zero-order valence-corrected chi connectivity index (χ0v) is 14.6. The van der Waals surface area contributed by atoms with Crippen LogP contribution >= 0.6 is 0 Å². The van der Waals surface area contributed by atoms with E-state index in [2.05, 4.69) is 26.0 Å². The standard InChI is InChI=1S/C21H28O2/c1-4-14-6-8-18-16-7-5-13-11-19(22)20(23-3)12-17(13)15(16)9-10-21(14,18)2/h4,11-12,15-16,18,22H,5-10H2,1-3H3/t15-,16+,18-,21+/m0/s1. The fourth-order valence-corrected chi connectivity index (χ4v) is 6.07. The molecule has 0 bridgehead atoms. The highest BCUT2D eigenvalue weighted by molar-refractivity contribution is 5.49. The van der Waals surface area contributed by atoms with E-state index in [4.69, 9.17) is 4.74 Å². The number of fused-ring (bicyclic) bond motifs is 5. The summed E-state index contributed by atoms with van der Waals surface area (Å²) in [6.45, 7) is 4.74. The third-order valence-corrected chi connectivity index (χ3v) is 7.22. The molecule has 1 aromatic carbocycles. The summed E-state index contributed by atoms with van der Waals surface area (Å²) in [5.74, 6) is 3.22. The van der Waals surface area contributed by atoms with Gasteiger partial charge in [-0.3, -0.25) is 0 Å². The summed E-state index contributed by atoms with van der Waals surface area (Å²) in [6, 6.07) is 4.07. The summed E-state index contributed by atoms with van der Waals surface area (Å²) in [6.07, 6.45) is 10.0. The second-order valence-corrected chi connectivity index (χ2v) is 7.95. The van der Waals surface area contributed by atoms with Gasteiger partial charge in [-0.05, 0) is 91.9 Å². The molecule has 3 aliphatic rings. The smallest absolute Gasteiger partial charge is 0.160 e. The molecule has 0 aliphatic heterocycles. The molecule has 4 rings (SSSR count). The van der Waals surface area contributed by atoms with E-state index in [-0.39, 0.29) is 0 Å². The van der Waals surface area contributed by atoms with Crippen molar-refractivity contribution in [2.24, 2.45) is 17.3 Å². The molecule has 0 spiro atoms. The molecule has 3 aliphatic carbocycles. The first-order chi connectivity index (χ1) is 11.1. The number of benzene rings is 1. The maximum absolute atomic E-state index is 10.1. The Morgan fingerprint density at radius 3 is 2.78 bits per heavy atom. The maximum atomic E-state index is 10.1. The Balaban J connectivity index is 1.73. The Labute approximate surface area is 139 Å². The summed E-state index contributed by atoms with van der Waals surface area (Å²) in [5, 5.41) is 10.1. The molecule has 2 heteroatoms. The highest BCUT2D eigenvalue weighted by atomic mass is 16.5. The number of allylic oxidation sites excluding steroid dienone is 2. The minimum atomic E-state index is 0.294. The van der Waals surface area contributed by atoms with Crippen LogP contribution in [0.5, 0.6) is 11.5 Å². The monoisotopic (exact) mass is 312 g/mol. The van der Waals surface area contributed by atoms with Crippen molar-refractivity contribution in [3.05, 3.63) is 34.9 Å². The van der Waals surface area contributed by atoms with E-state index in [0.29, 0.717) is 22.8 Å². The van der Waals surface area contributed by atoms with Gasteiger partial charge >= 0.3 is 0 Å². The number of phenolic OH excluding ortho intramolecular Hbond substituents is 1. The van der Waals surface area contributed by atoms with E-state index in [0.717, 1.165) is 18.3 Å².